The molecule has 0 saturated heterocycles. The van der Waals surface area contributed by atoms with Gasteiger partial charge >= 0.3 is 0 Å². The minimum Gasteiger partial charge on any atom is -0.497 e. The van der Waals surface area contributed by atoms with Crippen LogP contribution in [0.1, 0.15) is 22.8 Å². The number of carbonyl (C=O) groups excluding carboxylic acids is 2. The van der Waals surface area contributed by atoms with Gasteiger partial charge in [-0.05, 0) is 42.0 Å². The Bertz CT molecular complexity index is 1260. The Morgan fingerprint density at radius 1 is 1.12 bits per heavy atom. The Balaban J connectivity index is 1.67. The lowest BCUT2D eigenvalue weighted by atomic mass is 9.90. The van der Waals surface area contributed by atoms with Crippen LogP contribution in [0.2, 0.25) is 0 Å². The van der Waals surface area contributed by atoms with E-state index in [1.807, 2.05) is 0 Å². The lowest BCUT2D eigenvalue weighted by molar-refractivity contribution is -0.120. The molecular formula is C22H20N2O6S2. The van der Waals surface area contributed by atoms with Crippen molar-refractivity contribution in [2.75, 3.05) is 19.0 Å². The summed E-state index contributed by atoms with van der Waals surface area (Å²) in [5.74, 6) is -0.114. The zero-order valence-corrected chi connectivity index (χ0v) is 18.7. The van der Waals surface area contributed by atoms with Crippen LogP contribution in [-0.2, 0) is 19.4 Å². The first-order valence-electron chi connectivity index (χ1n) is 9.61. The van der Waals surface area contributed by atoms with Gasteiger partial charge in [-0.2, -0.15) is 0 Å². The fourth-order valence-electron chi connectivity index (χ4n) is 3.50. The number of methoxy groups -OCH3 is 1. The number of anilines is 1. The molecule has 166 valence electrons. The average Bonchev–Trinajstić information content (AvgIpc) is 3.22. The molecule has 0 fully saturated rings. The predicted molar refractivity (Wildman–Crippen MR) is 119 cm³/mol. The Kier molecular flexibility index (Phi) is 5.90. The van der Waals surface area contributed by atoms with Crippen molar-refractivity contribution < 1.29 is 27.5 Å². The topological polar surface area (TPSA) is 125 Å². The molecule has 4 rings (SSSR count). The number of nitrogens with one attached hydrogen (secondary N) is 1. The second-order valence-corrected chi connectivity index (χ2v) is 9.98. The molecule has 2 aromatic carbocycles. The number of sulfone groups is 1. The fourth-order valence-corrected chi connectivity index (χ4v) is 6.41. The number of ether oxygens (including phenoxy) is 2. The molecule has 0 radical (unpaired) electrons. The van der Waals surface area contributed by atoms with E-state index in [9.17, 15) is 18.0 Å². The third-order valence-electron chi connectivity index (χ3n) is 5.08. The van der Waals surface area contributed by atoms with Crippen molar-refractivity contribution in [3.63, 3.8) is 0 Å². The van der Waals surface area contributed by atoms with Gasteiger partial charge in [0.25, 0.3) is 5.91 Å². The van der Waals surface area contributed by atoms with Crippen molar-refractivity contribution >= 4 is 38.7 Å². The predicted octanol–water partition coefficient (Wildman–Crippen LogP) is 2.93. The van der Waals surface area contributed by atoms with E-state index in [0.717, 1.165) is 10.4 Å². The number of carbonyl (C=O) groups is 2. The van der Waals surface area contributed by atoms with Crippen LogP contribution in [0.15, 0.2) is 63.7 Å². The summed E-state index contributed by atoms with van der Waals surface area (Å²) >= 11 is 1.29. The zero-order valence-electron chi connectivity index (χ0n) is 17.0. The number of amides is 2. The Hall–Kier alpha value is -3.37. The molecule has 2 amide bonds. The van der Waals surface area contributed by atoms with Crippen LogP contribution in [0.4, 0.5) is 5.69 Å². The molecule has 10 heteroatoms. The molecule has 1 aliphatic heterocycles. The molecule has 0 unspecified atom stereocenters. The molecular weight excluding hydrogens is 452 g/mol. The highest BCUT2D eigenvalue weighted by molar-refractivity contribution is 7.91. The summed E-state index contributed by atoms with van der Waals surface area (Å²) in [6.45, 7) is -0.229. The van der Waals surface area contributed by atoms with Crippen molar-refractivity contribution in [3.05, 3.63) is 64.4 Å². The average molecular weight is 473 g/mol. The van der Waals surface area contributed by atoms with E-state index in [1.165, 1.54) is 30.6 Å². The van der Waals surface area contributed by atoms with Gasteiger partial charge in [0.1, 0.15) is 16.4 Å². The van der Waals surface area contributed by atoms with Gasteiger partial charge in [-0.15, -0.1) is 11.3 Å². The van der Waals surface area contributed by atoms with Gasteiger partial charge < -0.3 is 20.5 Å². The van der Waals surface area contributed by atoms with Crippen LogP contribution in [0, 0.1) is 0 Å². The van der Waals surface area contributed by atoms with Gasteiger partial charge in [0.05, 0.1) is 17.7 Å². The van der Waals surface area contributed by atoms with E-state index in [1.54, 1.807) is 41.8 Å². The second kappa shape index (κ2) is 8.64. The number of fused-ring (bicyclic) bond motifs is 1. The Morgan fingerprint density at radius 3 is 2.41 bits per heavy atom. The summed E-state index contributed by atoms with van der Waals surface area (Å²) in [6.07, 6.45) is 0.191. The molecule has 8 nitrogen and oxygen atoms in total. The molecule has 1 atom stereocenters. The highest BCUT2D eigenvalue weighted by Crippen LogP contribution is 2.46. The summed E-state index contributed by atoms with van der Waals surface area (Å²) < 4.78 is 36.9. The minimum absolute atomic E-state index is 0.0714. The second-order valence-electron chi connectivity index (χ2n) is 7.15. The van der Waals surface area contributed by atoms with E-state index in [2.05, 4.69) is 5.32 Å². The maximum atomic E-state index is 13.2. The van der Waals surface area contributed by atoms with Gasteiger partial charge in [-0.25, -0.2) is 8.42 Å². The summed E-state index contributed by atoms with van der Waals surface area (Å²) in [5, 5.41) is 4.31. The number of benzene rings is 2. The van der Waals surface area contributed by atoms with Crippen LogP contribution >= 0.6 is 11.3 Å². The summed E-state index contributed by atoms with van der Waals surface area (Å²) in [7, 11) is -2.33. The molecule has 0 bridgehead atoms. The molecule has 0 spiro atoms. The third-order valence-corrected chi connectivity index (χ3v) is 8.12. The first kappa shape index (κ1) is 21.8. The van der Waals surface area contributed by atoms with Crippen LogP contribution < -0.4 is 20.5 Å². The number of rotatable bonds is 7. The maximum Gasteiger partial charge on any atom is 0.255 e. The normalized spacial score (nSPS) is 15.5. The Labute approximate surface area is 188 Å². The maximum absolute atomic E-state index is 13.2. The van der Waals surface area contributed by atoms with Gasteiger partial charge in [0, 0.05) is 22.6 Å². The van der Waals surface area contributed by atoms with Gasteiger partial charge in [-0.1, -0.05) is 12.1 Å². The largest absolute Gasteiger partial charge is 0.497 e. The van der Waals surface area contributed by atoms with Crippen molar-refractivity contribution in [2.45, 2.75) is 22.1 Å². The molecule has 3 N–H and O–H groups in total. The number of primary amides is 1. The van der Waals surface area contributed by atoms with E-state index >= 15 is 0 Å². The van der Waals surface area contributed by atoms with Crippen molar-refractivity contribution in [2.24, 2.45) is 5.73 Å². The smallest absolute Gasteiger partial charge is 0.255 e. The van der Waals surface area contributed by atoms with Crippen molar-refractivity contribution in [1.82, 2.24) is 0 Å². The van der Waals surface area contributed by atoms with E-state index < -0.39 is 15.7 Å². The number of hydrogen-bond donors (Lipinski definition) is 2. The SMILES string of the molecule is COc1ccc(S(=O)(=O)c2csc3c2NC(=O)C[C@@H]3c2ccc(OCC(N)=O)cc2)cc1. The lowest BCUT2D eigenvalue weighted by Crippen LogP contribution is -2.23. The van der Waals surface area contributed by atoms with Crippen molar-refractivity contribution in [3.8, 4) is 11.5 Å². The number of thiophene rings is 1. The fraction of sp³-hybridized carbons (Fsp3) is 0.182. The van der Waals surface area contributed by atoms with E-state index in [4.69, 9.17) is 15.2 Å². The standard InChI is InChI=1S/C22H20N2O6S2/c1-29-14-6-8-16(9-7-14)32(27,28)18-12-31-22-17(10-20(26)24-21(18)22)13-2-4-15(5-3-13)30-11-19(23)25/h2-9,12,17H,10-11H2,1H3,(H2,23,25)(H,24,26)/t17-/m1/s1. The van der Waals surface area contributed by atoms with Crippen LogP contribution in [0.5, 0.6) is 11.5 Å². The monoisotopic (exact) mass is 472 g/mol. The first-order chi connectivity index (χ1) is 15.3. The summed E-state index contributed by atoms with van der Waals surface area (Å²) in [6, 6.07) is 13.1. The molecule has 32 heavy (non-hydrogen) atoms. The van der Waals surface area contributed by atoms with Crippen LogP contribution in [0.25, 0.3) is 0 Å². The quantitative estimate of drug-likeness (QED) is 0.545. The van der Waals surface area contributed by atoms with Crippen LogP contribution in [-0.4, -0.2) is 33.9 Å². The minimum atomic E-state index is -3.84. The molecule has 0 aliphatic carbocycles. The van der Waals surface area contributed by atoms with E-state index in [0.29, 0.717) is 17.2 Å². The molecule has 3 aromatic rings. The summed E-state index contributed by atoms with van der Waals surface area (Å²) in [5.41, 5.74) is 6.24. The van der Waals surface area contributed by atoms with Gasteiger partial charge in [0.15, 0.2) is 6.61 Å². The lowest BCUT2D eigenvalue weighted by Gasteiger charge is -2.24. The molecule has 1 aromatic heterocycles. The van der Waals surface area contributed by atoms with Crippen LogP contribution in [0.3, 0.4) is 0 Å². The number of nitrogens with two attached hydrogens (primary N) is 1. The zero-order chi connectivity index (χ0) is 22.9. The number of hydrogen-bond acceptors (Lipinski definition) is 7. The Morgan fingerprint density at radius 2 is 1.78 bits per heavy atom. The molecule has 1 aliphatic rings. The first-order valence-corrected chi connectivity index (χ1v) is 12.0. The van der Waals surface area contributed by atoms with Crippen molar-refractivity contribution in [1.29, 1.82) is 0 Å². The molecule has 2 heterocycles. The summed E-state index contributed by atoms with van der Waals surface area (Å²) in [4.78, 5) is 24.3. The van der Waals surface area contributed by atoms with Gasteiger partial charge in [-0.3, -0.25) is 9.59 Å². The highest BCUT2D eigenvalue weighted by atomic mass is 32.2. The third kappa shape index (κ3) is 4.19. The van der Waals surface area contributed by atoms with E-state index in [-0.39, 0.29) is 34.6 Å². The highest BCUT2D eigenvalue weighted by Gasteiger charge is 2.34. The van der Waals surface area contributed by atoms with Gasteiger partial charge in [0.2, 0.25) is 15.7 Å². The molecule has 0 saturated carbocycles.